The zero-order valence-electron chi connectivity index (χ0n) is 16.5. The molecule has 1 unspecified atom stereocenters. The van der Waals surface area contributed by atoms with E-state index >= 15 is 0 Å². The number of carbonyl (C=O) groups is 1. The van der Waals surface area contributed by atoms with E-state index in [0.29, 0.717) is 17.1 Å². The van der Waals surface area contributed by atoms with Crippen LogP contribution in [0, 0.1) is 0 Å². The number of nitrogens with zero attached hydrogens (tertiary/aromatic N) is 2. The first-order valence-electron chi connectivity index (χ1n) is 9.81. The van der Waals surface area contributed by atoms with Crippen molar-refractivity contribution < 1.29 is 22.7 Å². The molecule has 0 bridgehead atoms. The number of fused-ring (bicyclic) bond motifs is 1. The lowest BCUT2D eigenvalue weighted by Crippen LogP contribution is -2.22. The van der Waals surface area contributed by atoms with Gasteiger partial charge in [-0.05, 0) is 29.8 Å². The van der Waals surface area contributed by atoms with Gasteiger partial charge in [-0.15, -0.1) is 13.2 Å². The first kappa shape index (κ1) is 19.9. The van der Waals surface area contributed by atoms with Crippen molar-refractivity contribution in [1.29, 1.82) is 0 Å². The summed E-state index contributed by atoms with van der Waals surface area (Å²) in [5, 5.41) is 7.70. The summed E-state index contributed by atoms with van der Waals surface area (Å²) in [6.45, 7) is 0. The highest BCUT2D eigenvalue weighted by molar-refractivity contribution is 6.01. The molecule has 32 heavy (non-hydrogen) atoms. The Labute approximate surface area is 181 Å². The molecule has 0 fully saturated rings. The number of hydrogen-bond donors (Lipinski definition) is 1. The molecule has 5 rings (SSSR count). The number of amides is 1. The maximum absolute atomic E-state index is 13.0. The molecule has 1 N–H and O–H groups in total. The van der Waals surface area contributed by atoms with Crippen molar-refractivity contribution in [3.05, 3.63) is 102 Å². The summed E-state index contributed by atoms with van der Waals surface area (Å²) in [5.74, 6) is -0.654. The monoisotopic (exact) mass is 435 g/mol. The highest BCUT2D eigenvalue weighted by Gasteiger charge is 2.38. The molecule has 1 aliphatic rings. The van der Waals surface area contributed by atoms with E-state index in [1.165, 1.54) is 28.9 Å². The lowest BCUT2D eigenvalue weighted by molar-refractivity contribution is -0.274. The van der Waals surface area contributed by atoms with Gasteiger partial charge >= 0.3 is 6.36 Å². The SMILES string of the molecule is O=C1NC(c2ccccc2)c2c(-c3ccccc3)nn(-c3ccc(OC(F)(F)F)cc3)c21. The second-order valence-corrected chi connectivity index (χ2v) is 7.25. The van der Waals surface area contributed by atoms with Gasteiger partial charge in [0.15, 0.2) is 0 Å². The van der Waals surface area contributed by atoms with Gasteiger partial charge in [-0.1, -0.05) is 60.7 Å². The van der Waals surface area contributed by atoms with Crippen LogP contribution in [0.15, 0.2) is 84.9 Å². The summed E-state index contributed by atoms with van der Waals surface area (Å²) in [6.07, 6.45) is -4.78. The summed E-state index contributed by atoms with van der Waals surface area (Å²) >= 11 is 0. The summed E-state index contributed by atoms with van der Waals surface area (Å²) in [5.41, 5.74) is 3.89. The molecule has 3 aromatic carbocycles. The Balaban J connectivity index is 1.65. The van der Waals surface area contributed by atoms with Crippen molar-refractivity contribution in [2.24, 2.45) is 0 Å². The van der Waals surface area contributed by atoms with Crippen LogP contribution in [0.2, 0.25) is 0 Å². The summed E-state index contributed by atoms with van der Waals surface area (Å²) in [7, 11) is 0. The number of hydrogen-bond acceptors (Lipinski definition) is 3. The second-order valence-electron chi connectivity index (χ2n) is 7.25. The average molecular weight is 435 g/mol. The van der Waals surface area contributed by atoms with E-state index in [0.717, 1.165) is 16.7 Å². The van der Waals surface area contributed by atoms with E-state index in [9.17, 15) is 18.0 Å². The van der Waals surface area contributed by atoms with Crippen LogP contribution in [-0.2, 0) is 0 Å². The summed E-state index contributed by atoms with van der Waals surface area (Å²) in [6, 6.07) is 23.9. The van der Waals surface area contributed by atoms with Crippen LogP contribution < -0.4 is 10.1 Å². The molecule has 0 radical (unpaired) electrons. The van der Waals surface area contributed by atoms with Crippen molar-refractivity contribution >= 4 is 5.91 Å². The Morgan fingerprint density at radius 1 is 0.875 bits per heavy atom. The zero-order chi connectivity index (χ0) is 22.3. The molecule has 1 atom stereocenters. The molecule has 2 heterocycles. The number of benzene rings is 3. The minimum absolute atomic E-state index is 0.306. The maximum Gasteiger partial charge on any atom is 0.573 e. The molecular formula is C24H16F3N3O2. The number of rotatable bonds is 4. The molecule has 5 nitrogen and oxygen atoms in total. The highest BCUT2D eigenvalue weighted by atomic mass is 19.4. The quantitative estimate of drug-likeness (QED) is 0.475. The molecule has 8 heteroatoms. The van der Waals surface area contributed by atoms with E-state index < -0.39 is 12.4 Å². The smallest absolute Gasteiger partial charge is 0.406 e. The van der Waals surface area contributed by atoms with Gasteiger partial charge in [0.05, 0.1) is 17.4 Å². The molecular weight excluding hydrogens is 419 g/mol. The average Bonchev–Trinajstić information content (AvgIpc) is 3.33. The van der Waals surface area contributed by atoms with Gasteiger partial charge in [0, 0.05) is 11.1 Å². The fraction of sp³-hybridized carbons (Fsp3) is 0.0833. The predicted octanol–water partition coefficient (Wildman–Crippen LogP) is 5.27. The Bertz CT molecular complexity index is 1270. The van der Waals surface area contributed by atoms with Crippen molar-refractivity contribution in [1.82, 2.24) is 15.1 Å². The number of alkyl halides is 3. The Morgan fingerprint density at radius 2 is 1.50 bits per heavy atom. The first-order valence-corrected chi connectivity index (χ1v) is 9.81. The molecule has 0 saturated carbocycles. The number of ether oxygens (including phenoxy) is 1. The molecule has 1 amide bonds. The fourth-order valence-electron chi connectivity index (χ4n) is 3.87. The summed E-state index contributed by atoms with van der Waals surface area (Å²) < 4.78 is 42.9. The minimum atomic E-state index is -4.78. The van der Waals surface area contributed by atoms with E-state index in [2.05, 4.69) is 10.1 Å². The Morgan fingerprint density at radius 3 is 2.12 bits per heavy atom. The first-order chi connectivity index (χ1) is 15.4. The number of halogens is 3. The van der Waals surface area contributed by atoms with Crippen molar-refractivity contribution in [2.75, 3.05) is 0 Å². The molecule has 1 aliphatic heterocycles. The molecule has 0 saturated heterocycles. The molecule has 0 aliphatic carbocycles. The van der Waals surface area contributed by atoms with Crippen molar-refractivity contribution in [3.63, 3.8) is 0 Å². The predicted molar refractivity (Wildman–Crippen MR) is 111 cm³/mol. The standard InChI is InChI=1S/C24H16F3N3O2/c25-24(26,27)32-18-13-11-17(12-14-18)30-22-19(21(29-30)16-9-5-2-6-10-16)20(28-23(22)31)15-7-3-1-4-8-15/h1-14,20H,(H,28,31). The van der Waals surface area contributed by atoms with Crippen molar-refractivity contribution in [2.45, 2.75) is 12.4 Å². The van der Waals surface area contributed by atoms with Gasteiger partial charge in [0.25, 0.3) is 5.91 Å². The van der Waals surface area contributed by atoms with E-state index in [4.69, 9.17) is 5.10 Å². The normalized spacial score (nSPS) is 15.3. The van der Waals surface area contributed by atoms with Crippen LogP contribution in [-0.4, -0.2) is 22.1 Å². The Hall–Kier alpha value is -4.07. The topological polar surface area (TPSA) is 56.2 Å². The van der Waals surface area contributed by atoms with Gasteiger partial charge in [-0.3, -0.25) is 4.79 Å². The highest BCUT2D eigenvalue weighted by Crippen LogP contribution is 2.39. The van der Waals surface area contributed by atoms with E-state index in [-0.39, 0.29) is 11.7 Å². The van der Waals surface area contributed by atoms with Crippen molar-refractivity contribution in [3.8, 4) is 22.7 Å². The molecule has 160 valence electrons. The van der Waals surface area contributed by atoms with Gasteiger partial charge in [0.1, 0.15) is 11.4 Å². The number of nitrogens with one attached hydrogen (secondary N) is 1. The van der Waals surface area contributed by atoms with E-state index in [1.54, 1.807) is 0 Å². The molecule has 4 aromatic rings. The lowest BCUT2D eigenvalue weighted by Gasteiger charge is -2.13. The third-order valence-corrected chi connectivity index (χ3v) is 5.20. The third-order valence-electron chi connectivity index (χ3n) is 5.20. The van der Waals surface area contributed by atoms with Gasteiger partial charge in [0.2, 0.25) is 0 Å². The van der Waals surface area contributed by atoms with Crippen LogP contribution in [0.3, 0.4) is 0 Å². The van der Waals surface area contributed by atoms with Gasteiger partial charge in [-0.2, -0.15) is 5.10 Å². The zero-order valence-corrected chi connectivity index (χ0v) is 16.5. The van der Waals surface area contributed by atoms with Gasteiger partial charge < -0.3 is 10.1 Å². The second kappa shape index (κ2) is 7.56. The number of aromatic nitrogens is 2. The molecule has 1 aromatic heterocycles. The third kappa shape index (κ3) is 3.60. The van der Waals surface area contributed by atoms with Crippen LogP contribution in [0.4, 0.5) is 13.2 Å². The van der Waals surface area contributed by atoms with Crippen LogP contribution >= 0.6 is 0 Å². The largest absolute Gasteiger partial charge is 0.573 e. The molecule has 0 spiro atoms. The van der Waals surface area contributed by atoms with Crippen LogP contribution in [0.5, 0.6) is 5.75 Å². The maximum atomic E-state index is 13.0. The summed E-state index contributed by atoms with van der Waals surface area (Å²) in [4.78, 5) is 13.0. The Kier molecular flexibility index (Phi) is 4.70. The fourth-order valence-corrected chi connectivity index (χ4v) is 3.87. The van der Waals surface area contributed by atoms with E-state index in [1.807, 2.05) is 60.7 Å². The van der Waals surface area contributed by atoms with Crippen LogP contribution in [0.25, 0.3) is 16.9 Å². The minimum Gasteiger partial charge on any atom is -0.406 e. The van der Waals surface area contributed by atoms with Gasteiger partial charge in [-0.25, -0.2) is 4.68 Å². The van der Waals surface area contributed by atoms with Crippen LogP contribution in [0.1, 0.15) is 27.7 Å². The lowest BCUT2D eigenvalue weighted by atomic mass is 9.97. The number of carbonyl (C=O) groups excluding carboxylic acids is 1.